The molecule has 0 bridgehead atoms. The first-order valence-corrected chi connectivity index (χ1v) is 9.45. The van der Waals surface area contributed by atoms with Crippen LogP contribution in [0.5, 0.6) is 0 Å². The number of hydrogen-bond donors (Lipinski definition) is 0. The third-order valence-electron chi connectivity index (χ3n) is 4.44. The van der Waals surface area contributed by atoms with Gasteiger partial charge < -0.3 is 0 Å². The van der Waals surface area contributed by atoms with Crippen LogP contribution in [0, 0.1) is 12.7 Å². The molecule has 0 aromatic heterocycles. The lowest BCUT2D eigenvalue weighted by atomic mass is 9.94. The molecule has 24 heavy (non-hydrogen) atoms. The molecule has 2 nitrogen and oxygen atoms in total. The molecule has 126 valence electrons. The molecule has 2 aromatic rings. The summed E-state index contributed by atoms with van der Waals surface area (Å²) in [5.74, 6) is -0.253. The van der Waals surface area contributed by atoms with Crippen molar-refractivity contribution in [3.63, 3.8) is 0 Å². The summed E-state index contributed by atoms with van der Waals surface area (Å²) in [6, 6.07) is 9.74. The van der Waals surface area contributed by atoms with E-state index >= 15 is 0 Å². The van der Waals surface area contributed by atoms with E-state index in [2.05, 4.69) is 0 Å². The molecule has 5 heteroatoms. The lowest BCUT2D eigenvalue weighted by Gasteiger charge is -2.12. The highest BCUT2D eigenvalue weighted by molar-refractivity contribution is 7.91. The molecule has 2 aromatic carbocycles. The molecular weight excluding hydrogens is 330 g/mol. The number of rotatable bonds is 4. The lowest BCUT2D eigenvalue weighted by Crippen LogP contribution is -2.02. The van der Waals surface area contributed by atoms with Gasteiger partial charge in [-0.05, 0) is 78.3 Å². The third kappa shape index (κ3) is 3.13. The Morgan fingerprint density at radius 1 is 1.00 bits per heavy atom. The van der Waals surface area contributed by atoms with E-state index in [1.54, 1.807) is 18.2 Å². The molecule has 0 heterocycles. The van der Waals surface area contributed by atoms with E-state index < -0.39 is 15.8 Å². The number of allylic oxidation sites excluding steroid dienone is 2. The van der Waals surface area contributed by atoms with Crippen LogP contribution in [0.25, 0.3) is 11.1 Å². The minimum absolute atomic E-state index is 0.00754. The number of alkyl halides is 1. The molecule has 1 aliphatic carbocycles. The Morgan fingerprint density at radius 2 is 1.67 bits per heavy atom. The molecule has 0 spiro atoms. The summed E-state index contributed by atoms with van der Waals surface area (Å²) in [6.45, 7) is 1.89. The van der Waals surface area contributed by atoms with Crippen molar-refractivity contribution in [3.05, 3.63) is 65.0 Å². The number of halogens is 2. The fraction of sp³-hybridized carbons (Fsp3) is 0.263. The van der Waals surface area contributed by atoms with Gasteiger partial charge in [0.05, 0.1) is 4.90 Å². The Bertz CT molecular complexity index is 897. The molecule has 0 atom stereocenters. The molecule has 0 fully saturated rings. The predicted molar refractivity (Wildman–Crippen MR) is 91.4 cm³/mol. The second-order valence-electron chi connectivity index (χ2n) is 6.02. The SMILES string of the molecule is Cc1cc(F)ccc1C1=C(c2ccc(S(=O)(=O)CF)cc2)CCC1. The highest BCUT2D eigenvalue weighted by Gasteiger charge is 2.20. The molecule has 0 aliphatic heterocycles. The van der Waals surface area contributed by atoms with Gasteiger partial charge in [-0.25, -0.2) is 17.2 Å². The molecule has 0 saturated carbocycles. The summed E-state index contributed by atoms with van der Waals surface area (Å²) in [4.78, 5) is -0.00754. The maximum absolute atomic E-state index is 13.3. The van der Waals surface area contributed by atoms with Crippen LogP contribution < -0.4 is 0 Å². The smallest absolute Gasteiger partial charge is 0.207 e. The first-order valence-electron chi connectivity index (χ1n) is 7.80. The number of hydrogen-bond acceptors (Lipinski definition) is 2. The van der Waals surface area contributed by atoms with Gasteiger partial charge in [-0.1, -0.05) is 18.2 Å². The maximum atomic E-state index is 13.3. The Labute approximate surface area is 140 Å². The van der Waals surface area contributed by atoms with Crippen LogP contribution in [-0.4, -0.2) is 14.4 Å². The van der Waals surface area contributed by atoms with Gasteiger partial charge in [0, 0.05) is 0 Å². The van der Waals surface area contributed by atoms with Gasteiger partial charge in [0.25, 0.3) is 0 Å². The van der Waals surface area contributed by atoms with Crippen molar-refractivity contribution in [2.75, 3.05) is 6.01 Å². The van der Waals surface area contributed by atoms with Crippen molar-refractivity contribution >= 4 is 21.0 Å². The Hall–Kier alpha value is -2.01. The van der Waals surface area contributed by atoms with E-state index in [1.165, 1.54) is 29.8 Å². The average molecular weight is 348 g/mol. The van der Waals surface area contributed by atoms with E-state index in [0.29, 0.717) is 0 Å². The van der Waals surface area contributed by atoms with Crippen LogP contribution in [0.1, 0.15) is 36.0 Å². The molecule has 0 saturated heterocycles. The van der Waals surface area contributed by atoms with Crippen molar-refractivity contribution in [3.8, 4) is 0 Å². The van der Waals surface area contributed by atoms with Crippen molar-refractivity contribution in [1.29, 1.82) is 0 Å². The zero-order valence-electron chi connectivity index (χ0n) is 13.4. The quantitative estimate of drug-likeness (QED) is 0.785. The lowest BCUT2D eigenvalue weighted by molar-refractivity contribution is 0.534. The normalized spacial score (nSPS) is 15.1. The molecule has 0 amide bonds. The summed E-state index contributed by atoms with van der Waals surface area (Å²) in [5.41, 5.74) is 5.18. The monoisotopic (exact) mass is 348 g/mol. The van der Waals surface area contributed by atoms with Crippen LogP contribution >= 0.6 is 0 Å². The summed E-state index contributed by atoms with van der Waals surface area (Å²) < 4.78 is 49.1. The largest absolute Gasteiger partial charge is 0.233 e. The zero-order valence-corrected chi connectivity index (χ0v) is 14.2. The van der Waals surface area contributed by atoms with Crippen molar-refractivity contribution in [2.45, 2.75) is 31.1 Å². The van der Waals surface area contributed by atoms with Crippen LogP contribution in [0.2, 0.25) is 0 Å². The van der Waals surface area contributed by atoms with Crippen LogP contribution in [0.3, 0.4) is 0 Å². The molecule has 0 radical (unpaired) electrons. The first-order chi connectivity index (χ1) is 11.4. The summed E-state index contributed by atoms with van der Waals surface area (Å²) >= 11 is 0. The standard InChI is InChI=1S/C19H18F2O2S/c1-13-11-15(21)7-10-17(13)19-4-2-3-18(19)14-5-8-16(9-6-14)24(22,23)12-20/h5-11H,2-4,12H2,1H3. The molecular formula is C19H18F2O2S. The molecule has 0 unspecified atom stereocenters. The average Bonchev–Trinajstić information content (AvgIpc) is 3.04. The van der Waals surface area contributed by atoms with Crippen molar-refractivity contribution in [1.82, 2.24) is 0 Å². The fourth-order valence-electron chi connectivity index (χ4n) is 3.25. The predicted octanol–water partition coefficient (Wildman–Crippen LogP) is 4.93. The Kier molecular flexibility index (Phi) is 4.54. The number of aryl methyl sites for hydroxylation is 1. The van der Waals surface area contributed by atoms with Gasteiger partial charge in [0.2, 0.25) is 9.84 Å². The van der Waals surface area contributed by atoms with Crippen molar-refractivity contribution in [2.24, 2.45) is 0 Å². The van der Waals surface area contributed by atoms with Crippen LogP contribution in [-0.2, 0) is 9.84 Å². The van der Waals surface area contributed by atoms with E-state index in [1.807, 2.05) is 6.92 Å². The highest BCUT2D eigenvalue weighted by Crippen LogP contribution is 2.41. The Balaban J connectivity index is 2.03. The van der Waals surface area contributed by atoms with Crippen LogP contribution in [0.4, 0.5) is 8.78 Å². The summed E-state index contributed by atoms with van der Waals surface area (Å²) in [5, 5.41) is 0. The van der Waals surface area contributed by atoms with Gasteiger partial charge in [-0.15, -0.1) is 0 Å². The van der Waals surface area contributed by atoms with E-state index in [0.717, 1.165) is 41.5 Å². The topological polar surface area (TPSA) is 34.1 Å². The molecule has 1 aliphatic rings. The third-order valence-corrected chi connectivity index (χ3v) is 5.71. The fourth-order valence-corrected chi connectivity index (χ4v) is 3.93. The van der Waals surface area contributed by atoms with Gasteiger partial charge in [0.1, 0.15) is 5.82 Å². The van der Waals surface area contributed by atoms with Gasteiger partial charge in [-0.3, -0.25) is 0 Å². The minimum atomic E-state index is -3.84. The number of benzene rings is 2. The Morgan fingerprint density at radius 3 is 2.29 bits per heavy atom. The molecule has 0 N–H and O–H groups in total. The zero-order chi connectivity index (χ0) is 17.3. The second kappa shape index (κ2) is 6.48. The number of sulfone groups is 1. The molecule has 3 rings (SSSR count). The van der Waals surface area contributed by atoms with Crippen molar-refractivity contribution < 1.29 is 17.2 Å². The van der Waals surface area contributed by atoms with E-state index in [4.69, 9.17) is 0 Å². The highest BCUT2D eigenvalue weighted by atomic mass is 32.2. The van der Waals surface area contributed by atoms with Crippen LogP contribution in [0.15, 0.2) is 47.4 Å². The maximum Gasteiger partial charge on any atom is 0.207 e. The first kappa shape index (κ1) is 16.8. The van der Waals surface area contributed by atoms with Gasteiger partial charge >= 0.3 is 0 Å². The van der Waals surface area contributed by atoms with E-state index in [-0.39, 0.29) is 10.7 Å². The van der Waals surface area contributed by atoms with E-state index in [9.17, 15) is 17.2 Å². The summed E-state index contributed by atoms with van der Waals surface area (Å²) in [6.07, 6.45) is 2.81. The minimum Gasteiger partial charge on any atom is -0.233 e. The summed E-state index contributed by atoms with van der Waals surface area (Å²) in [7, 11) is -3.84. The van der Waals surface area contributed by atoms with Gasteiger partial charge in [-0.2, -0.15) is 0 Å². The van der Waals surface area contributed by atoms with Gasteiger partial charge in [0.15, 0.2) is 6.01 Å². The second-order valence-corrected chi connectivity index (χ2v) is 7.94.